The van der Waals surface area contributed by atoms with E-state index in [0.717, 1.165) is 32.5 Å². The molecule has 0 aromatic heterocycles. The number of hydrogen-bond donors (Lipinski definition) is 1. The second-order valence-electron chi connectivity index (χ2n) is 5.49. The summed E-state index contributed by atoms with van der Waals surface area (Å²) in [5.74, 6) is 0.608. The first-order valence-corrected chi connectivity index (χ1v) is 10.2. The van der Waals surface area contributed by atoms with Crippen molar-refractivity contribution in [1.82, 2.24) is 9.62 Å². The fourth-order valence-electron chi connectivity index (χ4n) is 2.37. The fourth-order valence-corrected chi connectivity index (χ4v) is 4.36. The molecule has 0 heterocycles. The Kier molecular flexibility index (Phi) is 8.53. The highest BCUT2D eigenvalue weighted by atomic mass is 79.9. The highest BCUT2D eigenvalue weighted by Gasteiger charge is 2.18. The second kappa shape index (κ2) is 9.61. The predicted octanol–water partition coefficient (Wildman–Crippen LogP) is 3.25. The second-order valence-corrected chi connectivity index (χ2v) is 8.06. The van der Waals surface area contributed by atoms with Gasteiger partial charge in [0, 0.05) is 6.04 Å². The minimum Gasteiger partial charge on any atom is -0.496 e. The normalized spacial score (nSPS) is 13.3. The van der Waals surface area contributed by atoms with E-state index in [1.165, 1.54) is 0 Å². The van der Waals surface area contributed by atoms with Crippen LogP contribution in [0.5, 0.6) is 5.75 Å². The van der Waals surface area contributed by atoms with E-state index >= 15 is 0 Å². The summed E-state index contributed by atoms with van der Waals surface area (Å²) < 4.78 is 33.3. The van der Waals surface area contributed by atoms with E-state index in [-0.39, 0.29) is 10.9 Å². The first-order valence-electron chi connectivity index (χ1n) is 7.92. The number of nitrogens with zero attached hydrogens (tertiary/aromatic N) is 1. The van der Waals surface area contributed by atoms with Gasteiger partial charge in [0.25, 0.3) is 0 Å². The smallest absolute Gasteiger partial charge is 0.240 e. The van der Waals surface area contributed by atoms with E-state index in [4.69, 9.17) is 4.74 Å². The average molecular weight is 407 g/mol. The third-order valence-corrected chi connectivity index (χ3v) is 6.00. The molecule has 7 heteroatoms. The quantitative estimate of drug-likeness (QED) is 0.647. The number of hydrogen-bond acceptors (Lipinski definition) is 4. The van der Waals surface area contributed by atoms with Crippen LogP contribution in [0.25, 0.3) is 0 Å². The highest BCUT2D eigenvalue weighted by Crippen LogP contribution is 2.27. The molecule has 132 valence electrons. The lowest BCUT2D eigenvalue weighted by molar-refractivity contribution is 0.293. The van der Waals surface area contributed by atoms with Gasteiger partial charge in [0.15, 0.2) is 0 Å². The summed E-state index contributed by atoms with van der Waals surface area (Å²) in [6.45, 7) is 9.22. The zero-order valence-electron chi connectivity index (χ0n) is 14.3. The number of nitrogens with one attached hydrogen (secondary N) is 1. The third kappa shape index (κ3) is 6.41. The van der Waals surface area contributed by atoms with Crippen molar-refractivity contribution >= 4 is 26.0 Å². The Morgan fingerprint density at radius 1 is 1.30 bits per heavy atom. The van der Waals surface area contributed by atoms with Crippen molar-refractivity contribution in [3.8, 4) is 5.75 Å². The molecule has 0 amide bonds. The predicted molar refractivity (Wildman–Crippen MR) is 97.5 cm³/mol. The fraction of sp³-hybridized carbons (Fsp3) is 0.625. The lowest BCUT2D eigenvalue weighted by Gasteiger charge is -2.20. The van der Waals surface area contributed by atoms with E-state index in [9.17, 15) is 8.42 Å². The van der Waals surface area contributed by atoms with Crippen LogP contribution in [-0.4, -0.2) is 46.1 Å². The van der Waals surface area contributed by atoms with E-state index in [1.54, 1.807) is 25.3 Å². The molecule has 1 rings (SSSR count). The first kappa shape index (κ1) is 20.4. The molecule has 0 unspecified atom stereocenters. The van der Waals surface area contributed by atoms with Gasteiger partial charge in [-0.2, -0.15) is 0 Å². The lowest BCUT2D eigenvalue weighted by atomic mass is 10.2. The molecule has 0 saturated carbocycles. The van der Waals surface area contributed by atoms with Crippen LogP contribution in [0.15, 0.2) is 27.6 Å². The minimum atomic E-state index is -3.52. The van der Waals surface area contributed by atoms with Crippen LogP contribution < -0.4 is 9.46 Å². The van der Waals surface area contributed by atoms with Gasteiger partial charge < -0.3 is 9.64 Å². The molecule has 0 aliphatic carbocycles. The Bertz CT molecular complexity index is 589. The first-order chi connectivity index (χ1) is 10.8. The van der Waals surface area contributed by atoms with Crippen LogP contribution >= 0.6 is 15.9 Å². The zero-order chi connectivity index (χ0) is 17.5. The Morgan fingerprint density at radius 2 is 1.96 bits per heavy atom. The Balaban J connectivity index is 2.62. The van der Waals surface area contributed by atoms with Crippen LogP contribution in [0.1, 0.15) is 33.6 Å². The molecule has 0 saturated heterocycles. The molecule has 0 bridgehead atoms. The maximum Gasteiger partial charge on any atom is 0.240 e. The summed E-state index contributed by atoms with van der Waals surface area (Å²) in [5.41, 5.74) is 0. The van der Waals surface area contributed by atoms with Crippen molar-refractivity contribution in [2.24, 2.45) is 0 Å². The number of sulfonamides is 1. The van der Waals surface area contributed by atoms with Crippen molar-refractivity contribution in [2.75, 3.05) is 26.7 Å². The Hall–Kier alpha value is -0.630. The average Bonchev–Trinajstić information content (AvgIpc) is 2.51. The van der Waals surface area contributed by atoms with E-state index in [0.29, 0.717) is 10.2 Å². The van der Waals surface area contributed by atoms with Gasteiger partial charge >= 0.3 is 0 Å². The topological polar surface area (TPSA) is 58.6 Å². The number of rotatable bonds is 10. The van der Waals surface area contributed by atoms with Gasteiger partial charge in [0.1, 0.15) is 5.75 Å². The van der Waals surface area contributed by atoms with Crippen LogP contribution in [0.4, 0.5) is 0 Å². The van der Waals surface area contributed by atoms with Gasteiger partial charge in [-0.15, -0.1) is 0 Å². The molecule has 1 aromatic rings. The maximum absolute atomic E-state index is 12.4. The molecule has 1 atom stereocenters. The molecular weight excluding hydrogens is 380 g/mol. The van der Waals surface area contributed by atoms with Gasteiger partial charge in [-0.3, -0.25) is 0 Å². The highest BCUT2D eigenvalue weighted by molar-refractivity contribution is 9.10. The molecule has 0 aliphatic heterocycles. The molecule has 1 N–H and O–H groups in total. The number of methoxy groups -OCH3 is 1. The summed E-state index contributed by atoms with van der Waals surface area (Å²) in [5, 5.41) is 0. The van der Waals surface area contributed by atoms with E-state index in [1.807, 2.05) is 6.92 Å². The van der Waals surface area contributed by atoms with Gasteiger partial charge in [0.2, 0.25) is 10.0 Å². The van der Waals surface area contributed by atoms with Gasteiger partial charge in [-0.1, -0.05) is 13.8 Å². The monoisotopic (exact) mass is 406 g/mol. The van der Waals surface area contributed by atoms with Crippen molar-refractivity contribution in [3.63, 3.8) is 0 Å². The molecule has 0 spiro atoms. The summed E-state index contributed by atoms with van der Waals surface area (Å²) in [7, 11) is -1.97. The molecule has 23 heavy (non-hydrogen) atoms. The number of ether oxygens (including phenoxy) is 1. The van der Waals surface area contributed by atoms with Crippen molar-refractivity contribution in [1.29, 1.82) is 0 Å². The van der Waals surface area contributed by atoms with Crippen LogP contribution in [0.3, 0.4) is 0 Å². The zero-order valence-corrected chi connectivity index (χ0v) is 16.7. The largest absolute Gasteiger partial charge is 0.496 e. The molecular formula is C16H27BrN2O3S. The molecule has 5 nitrogen and oxygen atoms in total. The van der Waals surface area contributed by atoms with Gasteiger partial charge in [-0.25, -0.2) is 13.1 Å². The molecule has 0 aliphatic rings. The molecule has 0 radical (unpaired) electrons. The number of benzene rings is 1. The number of halogens is 1. The standard InChI is InChI=1S/C16H27BrN2O3S/c1-5-19(6-2)11-7-8-13(3)18-23(20,21)14-9-10-16(22-4)15(17)12-14/h9-10,12-13,18H,5-8,11H2,1-4H3/t13-/m0/s1. The van der Waals surface area contributed by atoms with Crippen molar-refractivity contribution in [2.45, 2.75) is 44.6 Å². The Morgan fingerprint density at radius 3 is 2.48 bits per heavy atom. The SMILES string of the molecule is CCN(CC)CCC[C@H](C)NS(=O)(=O)c1ccc(OC)c(Br)c1. The van der Waals surface area contributed by atoms with Gasteiger partial charge in [-0.05, 0) is 73.5 Å². The lowest BCUT2D eigenvalue weighted by Crippen LogP contribution is -2.33. The van der Waals surface area contributed by atoms with Crippen LogP contribution in [-0.2, 0) is 10.0 Å². The summed E-state index contributed by atoms with van der Waals surface area (Å²) in [4.78, 5) is 2.57. The van der Waals surface area contributed by atoms with Crippen molar-refractivity contribution < 1.29 is 13.2 Å². The summed E-state index contributed by atoms with van der Waals surface area (Å²) in [6, 6.07) is 4.65. The van der Waals surface area contributed by atoms with E-state index < -0.39 is 10.0 Å². The van der Waals surface area contributed by atoms with E-state index in [2.05, 4.69) is 39.4 Å². The van der Waals surface area contributed by atoms with Gasteiger partial charge in [0.05, 0.1) is 16.5 Å². The maximum atomic E-state index is 12.4. The molecule has 0 fully saturated rings. The summed E-state index contributed by atoms with van der Waals surface area (Å²) >= 11 is 3.32. The Labute approximate surface area is 148 Å². The van der Waals surface area contributed by atoms with Crippen LogP contribution in [0.2, 0.25) is 0 Å². The van der Waals surface area contributed by atoms with Crippen molar-refractivity contribution in [3.05, 3.63) is 22.7 Å². The minimum absolute atomic E-state index is 0.101. The van der Waals surface area contributed by atoms with Crippen LogP contribution in [0, 0.1) is 0 Å². The summed E-state index contributed by atoms with van der Waals surface area (Å²) in [6.07, 6.45) is 1.78. The third-order valence-electron chi connectivity index (χ3n) is 3.80. The molecule has 1 aromatic carbocycles.